The normalized spacial score (nSPS) is 20.0. The Kier molecular flexibility index (Phi) is 4.35. The highest BCUT2D eigenvalue weighted by Gasteiger charge is 2.37. The van der Waals surface area contributed by atoms with Crippen LogP contribution in [0.15, 0.2) is 72.8 Å². The summed E-state index contributed by atoms with van der Waals surface area (Å²) in [6, 6.07) is 17.8. The Morgan fingerprint density at radius 1 is 1.09 bits per heavy atom. The maximum Gasteiger partial charge on any atom is 0.217 e. The van der Waals surface area contributed by atoms with Crippen molar-refractivity contribution >= 4 is 23.1 Å². The highest BCUT2D eigenvalue weighted by Crippen LogP contribution is 2.41. The first kappa shape index (κ1) is 15.6. The van der Waals surface area contributed by atoms with Gasteiger partial charge in [-0.3, -0.25) is 4.79 Å². The van der Waals surface area contributed by atoms with Crippen molar-refractivity contribution in [1.29, 1.82) is 0 Å². The summed E-state index contributed by atoms with van der Waals surface area (Å²) in [7, 11) is 0. The van der Waals surface area contributed by atoms with Crippen LogP contribution in [-0.2, 0) is 10.3 Å². The summed E-state index contributed by atoms with van der Waals surface area (Å²) in [5, 5.41) is 3.88. The molecule has 1 amide bonds. The molecule has 1 unspecified atom stereocenters. The molecule has 0 radical (unpaired) electrons. The standard InChI is InChI=1S/C20H18ClNO/c1-15(23)22-20(17-7-3-2-4-8-17)14-6-5-9-19(20)16-10-12-18(21)13-11-16/h2-13H,14H2,1H3,(H,22,23). The summed E-state index contributed by atoms with van der Waals surface area (Å²) in [6.45, 7) is 1.56. The molecule has 0 saturated heterocycles. The van der Waals surface area contributed by atoms with E-state index in [-0.39, 0.29) is 5.91 Å². The molecule has 0 heterocycles. The van der Waals surface area contributed by atoms with Gasteiger partial charge in [-0.2, -0.15) is 0 Å². The summed E-state index contributed by atoms with van der Waals surface area (Å²) in [4.78, 5) is 11.9. The molecule has 23 heavy (non-hydrogen) atoms. The molecule has 1 N–H and O–H groups in total. The van der Waals surface area contributed by atoms with Crippen molar-refractivity contribution in [2.75, 3.05) is 0 Å². The number of allylic oxidation sites excluding steroid dienone is 2. The van der Waals surface area contributed by atoms with Crippen LogP contribution in [0.5, 0.6) is 0 Å². The second-order valence-electron chi connectivity index (χ2n) is 5.67. The van der Waals surface area contributed by atoms with E-state index < -0.39 is 5.54 Å². The number of hydrogen-bond acceptors (Lipinski definition) is 1. The van der Waals surface area contributed by atoms with E-state index >= 15 is 0 Å². The summed E-state index contributed by atoms with van der Waals surface area (Å²) in [6.07, 6.45) is 6.90. The summed E-state index contributed by atoms with van der Waals surface area (Å²) in [5.74, 6) is -0.0518. The van der Waals surface area contributed by atoms with Crippen LogP contribution >= 0.6 is 11.6 Å². The minimum absolute atomic E-state index is 0.0518. The van der Waals surface area contributed by atoms with Gasteiger partial charge in [-0.25, -0.2) is 0 Å². The Morgan fingerprint density at radius 2 is 1.78 bits per heavy atom. The number of rotatable bonds is 3. The van der Waals surface area contributed by atoms with Gasteiger partial charge in [0.1, 0.15) is 0 Å². The van der Waals surface area contributed by atoms with Crippen molar-refractivity contribution < 1.29 is 4.79 Å². The van der Waals surface area contributed by atoms with Crippen molar-refractivity contribution in [2.45, 2.75) is 18.9 Å². The Balaban J connectivity index is 2.17. The Labute approximate surface area is 141 Å². The van der Waals surface area contributed by atoms with Crippen LogP contribution in [0, 0.1) is 0 Å². The third-order valence-corrected chi connectivity index (χ3v) is 4.35. The van der Waals surface area contributed by atoms with Gasteiger partial charge in [-0.1, -0.05) is 72.3 Å². The molecule has 2 aromatic rings. The second-order valence-corrected chi connectivity index (χ2v) is 6.11. The van der Waals surface area contributed by atoms with E-state index in [1.807, 2.05) is 48.5 Å². The Hall–Kier alpha value is -2.32. The van der Waals surface area contributed by atoms with E-state index in [0.29, 0.717) is 11.4 Å². The maximum atomic E-state index is 11.9. The van der Waals surface area contributed by atoms with Gasteiger partial charge < -0.3 is 5.32 Å². The minimum Gasteiger partial charge on any atom is -0.342 e. The molecule has 0 spiro atoms. The van der Waals surface area contributed by atoms with Crippen molar-refractivity contribution in [2.24, 2.45) is 0 Å². The summed E-state index contributed by atoms with van der Waals surface area (Å²) in [5.41, 5.74) is 2.63. The zero-order valence-electron chi connectivity index (χ0n) is 12.9. The van der Waals surface area contributed by atoms with Crippen molar-refractivity contribution in [1.82, 2.24) is 5.32 Å². The maximum absolute atomic E-state index is 11.9. The van der Waals surface area contributed by atoms with Crippen molar-refractivity contribution in [3.05, 3.63) is 89.0 Å². The third-order valence-electron chi connectivity index (χ3n) is 4.09. The van der Waals surface area contributed by atoms with E-state index in [1.165, 1.54) is 0 Å². The highest BCUT2D eigenvalue weighted by molar-refractivity contribution is 6.30. The molecule has 0 bridgehead atoms. The molecular weight excluding hydrogens is 306 g/mol. The van der Waals surface area contributed by atoms with E-state index in [0.717, 1.165) is 16.7 Å². The molecule has 3 rings (SSSR count). The predicted molar refractivity (Wildman–Crippen MR) is 95.1 cm³/mol. The molecule has 116 valence electrons. The van der Waals surface area contributed by atoms with Crippen LogP contribution in [0.3, 0.4) is 0 Å². The van der Waals surface area contributed by atoms with Crippen LogP contribution < -0.4 is 5.32 Å². The van der Waals surface area contributed by atoms with Gasteiger partial charge >= 0.3 is 0 Å². The summed E-state index contributed by atoms with van der Waals surface area (Å²) < 4.78 is 0. The van der Waals surface area contributed by atoms with Crippen LogP contribution in [0.4, 0.5) is 0 Å². The fourth-order valence-electron chi connectivity index (χ4n) is 3.12. The fraction of sp³-hybridized carbons (Fsp3) is 0.150. The summed E-state index contributed by atoms with van der Waals surface area (Å²) >= 11 is 6.02. The molecule has 0 aliphatic heterocycles. The second kappa shape index (κ2) is 6.43. The first-order chi connectivity index (χ1) is 11.1. The van der Waals surface area contributed by atoms with E-state index in [2.05, 4.69) is 29.6 Å². The lowest BCUT2D eigenvalue weighted by molar-refractivity contribution is -0.120. The average Bonchev–Trinajstić information content (AvgIpc) is 2.56. The smallest absolute Gasteiger partial charge is 0.217 e. The average molecular weight is 324 g/mol. The van der Waals surface area contributed by atoms with Crippen LogP contribution in [0.1, 0.15) is 24.5 Å². The van der Waals surface area contributed by atoms with Crippen LogP contribution in [0.2, 0.25) is 5.02 Å². The van der Waals surface area contributed by atoms with Gasteiger partial charge in [-0.05, 0) is 35.3 Å². The quantitative estimate of drug-likeness (QED) is 0.870. The highest BCUT2D eigenvalue weighted by atomic mass is 35.5. The number of amides is 1. The Morgan fingerprint density at radius 3 is 2.43 bits per heavy atom. The molecule has 0 aromatic heterocycles. The topological polar surface area (TPSA) is 29.1 Å². The SMILES string of the molecule is CC(=O)NC1(c2ccccc2)CC=CC=C1c1ccc(Cl)cc1. The van der Waals surface area contributed by atoms with Gasteiger partial charge in [0.2, 0.25) is 5.91 Å². The van der Waals surface area contributed by atoms with E-state index in [9.17, 15) is 4.79 Å². The lowest BCUT2D eigenvalue weighted by Gasteiger charge is -2.38. The lowest BCUT2D eigenvalue weighted by Crippen LogP contribution is -2.46. The van der Waals surface area contributed by atoms with Crippen LogP contribution in [0.25, 0.3) is 5.57 Å². The molecule has 2 nitrogen and oxygen atoms in total. The molecule has 0 saturated carbocycles. The van der Waals surface area contributed by atoms with E-state index in [4.69, 9.17) is 11.6 Å². The zero-order chi connectivity index (χ0) is 16.3. The fourth-order valence-corrected chi connectivity index (χ4v) is 3.25. The van der Waals surface area contributed by atoms with Gasteiger partial charge in [0.05, 0.1) is 5.54 Å². The largest absolute Gasteiger partial charge is 0.342 e. The molecular formula is C20H18ClNO. The van der Waals surface area contributed by atoms with Crippen molar-refractivity contribution in [3.8, 4) is 0 Å². The van der Waals surface area contributed by atoms with Crippen LogP contribution in [-0.4, -0.2) is 5.91 Å². The number of halogens is 1. The molecule has 1 atom stereocenters. The Bertz CT molecular complexity index is 762. The first-order valence-electron chi connectivity index (χ1n) is 7.59. The monoisotopic (exact) mass is 323 g/mol. The van der Waals surface area contributed by atoms with Gasteiger partial charge in [0, 0.05) is 11.9 Å². The number of nitrogens with one attached hydrogen (secondary N) is 1. The number of benzene rings is 2. The predicted octanol–water partition coefficient (Wildman–Crippen LogP) is 4.71. The van der Waals surface area contributed by atoms with Crippen molar-refractivity contribution in [3.63, 3.8) is 0 Å². The molecule has 3 heteroatoms. The van der Waals surface area contributed by atoms with Gasteiger partial charge in [-0.15, -0.1) is 0 Å². The molecule has 2 aromatic carbocycles. The molecule has 1 aliphatic rings. The molecule has 1 aliphatic carbocycles. The number of carbonyl (C=O) groups excluding carboxylic acids is 1. The zero-order valence-corrected chi connectivity index (χ0v) is 13.7. The number of carbonyl (C=O) groups is 1. The van der Waals surface area contributed by atoms with Gasteiger partial charge in [0.25, 0.3) is 0 Å². The lowest BCUT2D eigenvalue weighted by atomic mass is 9.74. The number of hydrogen-bond donors (Lipinski definition) is 1. The third kappa shape index (κ3) is 3.08. The van der Waals surface area contributed by atoms with E-state index in [1.54, 1.807) is 6.92 Å². The molecule has 0 fully saturated rings. The van der Waals surface area contributed by atoms with Gasteiger partial charge in [0.15, 0.2) is 0 Å². The minimum atomic E-state index is -0.560. The first-order valence-corrected chi connectivity index (χ1v) is 7.97.